The van der Waals surface area contributed by atoms with Gasteiger partial charge in [-0.15, -0.1) is 12.4 Å². The Morgan fingerprint density at radius 2 is 1.71 bits per heavy atom. The van der Waals surface area contributed by atoms with E-state index in [0.29, 0.717) is 37.4 Å². The average Bonchev–Trinajstić information content (AvgIpc) is 2.61. The van der Waals surface area contributed by atoms with E-state index in [1.165, 1.54) is 12.1 Å². The number of aryl methyl sites for hydroxylation is 2. The maximum Gasteiger partial charge on any atom is 0.296 e. The van der Waals surface area contributed by atoms with E-state index >= 15 is 0 Å². The molecule has 1 aromatic heterocycles. The van der Waals surface area contributed by atoms with Crippen LogP contribution in [0, 0.1) is 13.8 Å². The first-order valence-corrected chi connectivity index (χ1v) is 10.2. The molecule has 0 radical (unpaired) electrons. The second-order valence-corrected chi connectivity index (χ2v) is 7.95. The Balaban J connectivity index is 0.00000280. The molecular formula is C18H24ClN5O3S. The first-order chi connectivity index (χ1) is 12.7. The number of nitrogens with one attached hydrogen (secondary N) is 1. The molecule has 3 N–H and O–H groups in total. The van der Waals surface area contributed by atoms with Crippen molar-refractivity contribution in [1.29, 1.82) is 0 Å². The minimum Gasteiger partial charge on any atom is -0.353 e. The molecule has 0 spiro atoms. The molecule has 10 heteroatoms. The smallest absolute Gasteiger partial charge is 0.296 e. The number of aromatic nitrogens is 1. The lowest BCUT2D eigenvalue weighted by molar-refractivity contribution is 0.0746. The number of halogens is 1. The molecule has 152 valence electrons. The summed E-state index contributed by atoms with van der Waals surface area (Å²) in [6, 6.07) is 8.33. The number of nitrogens with zero attached hydrogens (tertiary/aromatic N) is 3. The van der Waals surface area contributed by atoms with Crippen molar-refractivity contribution in [1.82, 2.24) is 9.88 Å². The van der Waals surface area contributed by atoms with Crippen LogP contribution in [0.5, 0.6) is 0 Å². The first-order valence-electron chi connectivity index (χ1n) is 8.61. The maximum absolute atomic E-state index is 12.7. The van der Waals surface area contributed by atoms with Gasteiger partial charge in [-0.25, -0.2) is 10.1 Å². The number of anilines is 2. The first kappa shape index (κ1) is 21.9. The van der Waals surface area contributed by atoms with Crippen molar-refractivity contribution in [3.05, 3.63) is 53.2 Å². The fourth-order valence-electron chi connectivity index (χ4n) is 3.19. The van der Waals surface area contributed by atoms with E-state index in [-0.39, 0.29) is 18.3 Å². The number of pyridine rings is 1. The van der Waals surface area contributed by atoms with Gasteiger partial charge in [0.15, 0.2) is 0 Å². The molecule has 1 aliphatic rings. The lowest BCUT2D eigenvalue weighted by Gasteiger charge is -2.36. The molecule has 0 unspecified atom stereocenters. The third kappa shape index (κ3) is 5.34. The summed E-state index contributed by atoms with van der Waals surface area (Å²) < 4.78 is 24.2. The molecule has 0 bridgehead atoms. The van der Waals surface area contributed by atoms with Gasteiger partial charge in [0, 0.05) is 43.6 Å². The van der Waals surface area contributed by atoms with Crippen LogP contribution in [0.1, 0.15) is 21.5 Å². The summed E-state index contributed by atoms with van der Waals surface area (Å²) in [7, 11) is -3.83. The molecule has 8 nitrogen and oxygen atoms in total. The van der Waals surface area contributed by atoms with E-state index in [4.69, 9.17) is 5.14 Å². The quantitative estimate of drug-likeness (QED) is 0.774. The van der Waals surface area contributed by atoms with E-state index in [0.717, 1.165) is 16.9 Å². The number of piperazine rings is 1. The molecular weight excluding hydrogens is 402 g/mol. The average molecular weight is 426 g/mol. The van der Waals surface area contributed by atoms with Gasteiger partial charge in [0.05, 0.1) is 0 Å². The number of rotatable bonds is 4. The zero-order chi connectivity index (χ0) is 19.6. The summed E-state index contributed by atoms with van der Waals surface area (Å²) in [5, 5.41) is 4.94. The normalized spacial score (nSPS) is 14.4. The van der Waals surface area contributed by atoms with Crippen LogP contribution in [0.25, 0.3) is 0 Å². The van der Waals surface area contributed by atoms with Crippen molar-refractivity contribution in [3.8, 4) is 0 Å². The van der Waals surface area contributed by atoms with Crippen LogP contribution in [0.4, 0.5) is 11.5 Å². The summed E-state index contributed by atoms with van der Waals surface area (Å²) in [6.07, 6.45) is 1.86. The van der Waals surface area contributed by atoms with Gasteiger partial charge in [-0.2, -0.15) is 8.42 Å². The van der Waals surface area contributed by atoms with E-state index in [9.17, 15) is 13.2 Å². The van der Waals surface area contributed by atoms with Gasteiger partial charge in [0.2, 0.25) is 0 Å². The lowest BCUT2D eigenvalue weighted by Crippen LogP contribution is -2.49. The van der Waals surface area contributed by atoms with E-state index < -0.39 is 10.2 Å². The van der Waals surface area contributed by atoms with Crippen molar-refractivity contribution in [2.75, 3.05) is 35.8 Å². The molecule has 2 heterocycles. The summed E-state index contributed by atoms with van der Waals surface area (Å²) in [5.74, 6) is 0.886. The van der Waals surface area contributed by atoms with E-state index in [1.807, 2.05) is 20.0 Å². The van der Waals surface area contributed by atoms with Crippen LogP contribution < -0.4 is 14.8 Å². The Hall–Kier alpha value is -2.36. The van der Waals surface area contributed by atoms with Crippen molar-refractivity contribution in [3.63, 3.8) is 0 Å². The van der Waals surface area contributed by atoms with Gasteiger partial charge >= 0.3 is 0 Å². The van der Waals surface area contributed by atoms with Gasteiger partial charge in [-0.1, -0.05) is 6.07 Å². The highest BCUT2D eigenvalue weighted by Gasteiger charge is 2.23. The number of nitrogens with two attached hydrogens (primary N) is 1. The minimum absolute atomic E-state index is 0. The highest BCUT2D eigenvalue weighted by molar-refractivity contribution is 7.90. The topological polar surface area (TPSA) is 109 Å². The Morgan fingerprint density at radius 1 is 1.11 bits per heavy atom. The molecule has 1 aromatic carbocycles. The molecule has 0 aliphatic carbocycles. The second-order valence-electron chi connectivity index (χ2n) is 6.66. The SMILES string of the molecule is Cc1cnc(N2CCN(C(=O)c3ccc(NS(N)(=O)=O)cc3)CC2)c(C)c1.Cl. The highest BCUT2D eigenvalue weighted by Crippen LogP contribution is 2.20. The number of amides is 1. The van der Waals surface area contributed by atoms with Gasteiger partial charge in [0.1, 0.15) is 5.82 Å². The zero-order valence-corrected chi connectivity index (χ0v) is 17.4. The van der Waals surface area contributed by atoms with Crippen molar-refractivity contribution in [2.24, 2.45) is 5.14 Å². The van der Waals surface area contributed by atoms with Crippen LogP contribution in [-0.2, 0) is 10.2 Å². The highest BCUT2D eigenvalue weighted by atomic mass is 35.5. The Morgan fingerprint density at radius 3 is 2.25 bits per heavy atom. The molecule has 1 aliphatic heterocycles. The summed E-state index contributed by atoms with van der Waals surface area (Å²) in [5.41, 5.74) is 3.09. The van der Waals surface area contributed by atoms with Gasteiger partial charge in [-0.3, -0.25) is 9.52 Å². The molecule has 0 atom stereocenters. The molecule has 28 heavy (non-hydrogen) atoms. The van der Waals surface area contributed by atoms with Crippen molar-refractivity contribution < 1.29 is 13.2 Å². The summed E-state index contributed by atoms with van der Waals surface area (Å²) in [6.45, 7) is 6.70. The molecule has 2 aromatic rings. The van der Waals surface area contributed by atoms with Gasteiger partial charge < -0.3 is 9.80 Å². The number of carbonyl (C=O) groups is 1. The predicted molar refractivity (Wildman–Crippen MR) is 112 cm³/mol. The molecule has 1 amide bonds. The predicted octanol–water partition coefficient (Wildman–Crippen LogP) is 1.70. The number of hydrogen-bond acceptors (Lipinski definition) is 5. The maximum atomic E-state index is 12.7. The molecule has 3 rings (SSSR count). The Labute approximate surface area is 171 Å². The van der Waals surface area contributed by atoms with E-state index in [2.05, 4.69) is 20.7 Å². The standard InChI is InChI=1S/C18H23N5O3S.ClH/c1-13-11-14(2)17(20-12-13)22-7-9-23(10-8-22)18(24)15-3-5-16(6-4-15)21-27(19,25)26;/h3-6,11-12,21H,7-10H2,1-2H3,(H2,19,25,26);1H. The molecule has 0 saturated carbocycles. The number of carbonyl (C=O) groups excluding carboxylic acids is 1. The van der Waals surface area contributed by atoms with Crippen molar-refractivity contribution >= 4 is 40.0 Å². The van der Waals surface area contributed by atoms with Gasteiger partial charge in [-0.05, 0) is 49.2 Å². The minimum atomic E-state index is -3.83. The Kier molecular flexibility index (Phi) is 6.87. The van der Waals surface area contributed by atoms with Gasteiger partial charge in [0.25, 0.3) is 16.1 Å². The third-order valence-electron chi connectivity index (χ3n) is 4.45. The fourth-order valence-corrected chi connectivity index (χ4v) is 3.65. The van der Waals surface area contributed by atoms with Crippen LogP contribution in [0.2, 0.25) is 0 Å². The van der Waals surface area contributed by atoms with Crippen LogP contribution in [0.3, 0.4) is 0 Å². The van der Waals surface area contributed by atoms with Crippen LogP contribution >= 0.6 is 12.4 Å². The van der Waals surface area contributed by atoms with Crippen LogP contribution in [-0.4, -0.2) is 50.4 Å². The molecule has 1 saturated heterocycles. The Bertz CT molecular complexity index is 942. The number of hydrogen-bond donors (Lipinski definition) is 2. The fraction of sp³-hybridized carbons (Fsp3) is 0.333. The summed E-state index contributed by atoms with van der Waals surface area (Å²) >= 11 is 0. The largest absolute Gasteiger partial charge is 0.353 e. The molecule has 1 fully saturated rings. The summed E-state index contributed by atoms with van der Waals surface area (Å²) in [4.78, 5) is 21.2. The van der Waals surface area contributed by atoms with E-state index in [1.54, 1.807) is 17.0 Å². The third-order valence-corrected chi connectivity index (χ3v) is 4.97. The zero-order valence-electron chi connectivity index (χ0n) is 15.8. The van der Waals surface area contributed by atoms with Crippen molar-refractivity contribution in [2.45, 2.75) is 13.8 Å². The van der Waals surface area contributed by atoms with Crippen LogP contribution in [0.15, 0.2) is 36.5 Å². The monoisotopic (exact) mass is 425 g/mol. The number of benzene rings is 1. The lowest BCUT2D eigenvalue weighted by atomic mass is 10.1. The second kappa shape index (κ2) is 8.76.